The van der Waals surface area contributed by atoms with Gasteiger partial charge in [-0.1, -0.05) is 394 Å². The zero-order valence-corrected chi connectivity index (χ0v) is 68.8. The van der Waals surface area contributed by atoms with Crippen LogP contribution in [0.4, 0.5) is 34.1 Å². The highest BCUT2D eigenvalue weighted by Gasteiger charge is 2.53. The first-order valence-corrected chi connectivity index (χ1v) is 43.8. The maximum atomic E-state index is 2.56. The molecule has 2 spiro atoms. The molecule has 0 atom stereocenters. The maximum absolute atomic E-state index is 2.56. The van der Waals surface area contributed by atoms with Gasteiger partial charge in [0.2, 0.25) is 0 Å². The minimum absolute atomic E-state index is 0.656. The lowest BCUT2D eigenvalue weighted by molar-refractivity contribution is 0.748. The summed E-state index contributed by atoms with van der Waals surface area (Å²) in [5.41, 5.74) is 43.6. The van der Waals surface area contributed by atoms with E-state index in [0.717, 1.165) is 89.8 Å². The van der Waals surface area contributed by atoms with Crippen LogP contribution < -0.4 is 9.80 Å². The molecule has 4 nitrogen and oxygen atoms in total. The van der Waals surface area contributed by atoms with Gasteiger partial charge in [0.05, 0.1) is 61.3 Å². The second kappa shape index (κ2) is 28.1. The fraction of sp³-hybridized carbons (Fsp3) is 0.0164. The molecule has 0 saturated carbocycles. The van der Waals surface area contributed by atoms with Crippen LogP contribution in [0.25, 0.3) is 155 Å². The Morgan fingerprint density at radius 3 is 0.849 bits per heavy atom. The van der Waals surface area contributed by atoms with Gasteiger partial charge in [-0.05, 0) is 207 Å². The maximum Gasteiger partial charge on any atom is 0.0755 e. The van der Waals surface area contributed by atoms with Crippen molar-refractivity contribution in [2.45, 2.75) is 10.8 Å². The van der Waals surface area contributed by atoms with E-state index in [-0.39, 0.29) is 0 Å². The molecule has 2 aliphatic heterocycles. The quantitative estimate of drug-likeness (QED) is 0.114. The monoisotopic (exact) mass is 1600 g/mol. The van der Waals surface area contributed by atoms with Crippen LogP contribution in [-0.4, -0.2) is 9.13 Å². The Morgan fingerprint density at radius 2 is 0.429 bits per heavy atom. The summed E-state index contributed by atoms with van der Waals surface area (Å²) in [4.78, 5) is 5.08. The normalized spacial score (nSPS) is 13.0. The van der Waals surface area contributed by atoms with Crippen molar-refractivity contribution in [3.8, 4) is 112 Å². The van der Waals surface area contributed by atoms with Crippen molar-refractivity contribution in [1.82, 2.24) is 9.13 Å². The van der Waals surface area contributed by atoms with Crippen LogP contribution >= 0.6 is 0 Å². The van der Waals surface area contributed by atoms with E-state index >= 15 is 0 Å². The van der Waals surface area contributed by atoms with Crippen molar-refractivity contribution in [2.24, 2.45) is 0 Å². The number of anilines is 6. The predicted octanol–water partition coefficient (Wildman–Crippen LogP) is 31.8. The summed E-state index contributed by atoms with van der Waals surface area (Å²) < 4.78 is 5.12. The van der Waals surface area contributed by atoms with Gasteiger partial charge < -0.3 is 18.9 Å². The van der Waals surface area contributed by atoms with Crippen LogP contribution in [0.15, 0.2) is 473 Å². The van der Waals surface area contributed by atoms with Gasteiger partial charge in [-0.15, -0.1) is 0 Å². The minimum Gasteiger partial charge on any atom is -0.310 e. The molecule has 22 aromatic rings. The zero-order valence-electron chi connectivity index (χ0n) is 68.8. The van der Waals surface area contributed by atoms with E-state index in [4.69, 9.17) is 0 Å². The Labute approximate surface area is 731 Å². The molecule has 0 bridgehead atoms. The molecule has 20 aromatic carbocycles. The first-order chi connectivity index (χ1) is 62.6. The van der Waals surface area contributed by atoms with Crippen molar-refractivity contribution in [1.29, 1.82) is 0 Å². The van der Waals surface area contributed by atoms with E-state index in [1.807, 2.05) is 0 Å². The smallest absolute Gasteiger partial charge is 0.0755 e. The summed E-state index contributed by atoms with van der Waals surface area (Å²) in [7, 11) is 0. The van der Waals surface area contributed by atoms with Crippen molar-refractivity contribution in [3.05, 3.63) is 518 Å². The van der Waals surface area contributed by atoms with E-state index in [2.05, 4.69) is 492 Å². The van der Waals surface area contributed by atoms with Crippen LogP contribution in [-0.2, 0) is 10.8 Å². The van der Waals surface area contributed by atoms with E-state index in [9.17, 15) is 0 Å². The molecule has 4 heteroatoms. The summed E-state index contributed by atoms with van der Waals surface area (Å²) in [5, 5.41) is 5.02. The molecule has 26 rings (SSSR count). The summed E-state index contributed by atoms with van der Waals surface area (Å²) in [5.74, 6) is 0. The molecule has 2 aliphatic carbocycles. The van der Waals surface area contributed by atoms with E-state index in [1.54, 1.807) is 0 Å². The average Bonchev–Trinajstić information content (AvgIpc) is 1.49. The fourth-order valence-electron chi connectivity index (χ4n) is 22.7. The second-order valence-corrected chi connectivity index (χ2v) is 33.9. The van der Waals surface area contributed by atoms with Gasteiger partial charge in [-0.3, -0.25) is 0 Å². The lowest BCUT2D eigenvalue weighted by atomic mass is 9.65. The van der Waals surface area contributed by atoms with Gasteiger partial charge in [0.25, 0.3) is 0 Å². The molecule has 0 radical (unpaired) electrons. The highest BCUT2D eigenvalue weighted by Crippen LogP contribution is 2.65. The molecule has 586 valence electrons. The van der Waals surface area contributed by atoms with Crippen LogP contribution in [0, 0.1) is 0 Å². The first-order valence-electron chi connectivity index (χ1n) is 43.8. The van der Waals surface area contributed by atoms with Crippen LogP contribution in [0.1, 0.15) is 44.5 Å². The second-order valence-electron chi connectivity index (χ2n) is 33.9. The SMILES string of the molecule is c1ccc(-c2ccccc2-c2ccccc2N(c2ccc(-c3ccccc3-c3ccc(-c4ccccc4N(c4ccc5c(c4)C4(c6ccccc6-c6ccccc64)c4cccc6c7ccccc7n-5c46)c4ccccc4-c4ccccc4-c4ccccc4)cc3)cc2)c2ccc3c(c2)C2(c4ccccc4-c4ccccc42)c2cccc4c5ccccc5n-3c24)cc1. The van der Waals surface area contributed by atoms with Gasteiger partial charge in [0.1, 0.15) is 0 Å². The third-order valence-electron chi connectivity index (χ3n) is 27.8. The van der Waals surface area contributed by atoms with Gasteiger partial charge in [0.15, 0.2) is 0 Å². The number of rotatable bonds is 13. The third-order valence-corrected chi connectivity index (χ3v) is 27.8. The molecule has 0 unspecified atom stereocenters. The predicted molar refractivity (Wildman–Crippen MR) is 524 cm³/mol. The average molecular weight is 1600 g/mol. The molecular formula is C122H78N4. The van der Waals surface area contributed by atoms with Crippen LogP contribution in [0.3, 0.4) is 0 Å². The Hall–Kier alpha value is -16.4. The fourth-order valence-corrected chi connectivity index (χ4v) is 22.7. The Bertz CT molecular complexity index is 8140. The Kier molecular flexibility index (Phi) is 15.9. The molecule has 0 amide bonds. The topological polar surface area (TPSA) is 16.3 Å². The summed E-state index contributed by atoms with van der Waals surface area (Å²) in [6.07, 6.45) is 0. The minimum atomic E-state index is -0.671. The van der Waals surface area contributed by atoms with Crippen molar-refractivity contribution < 1.29 is 0 Å². The van der Waals surface area contributed by atoms with E-state index < -0.39 is 10.8 Å². The van der Waals surface area contributed by atoms with Gasteiger partial charge in [-0.2, -0.15) is 0 Å². The Balaban J connectivity index is 0.626. The zero-order chi connectivity index (χ0) is 82.7. The number of aromatic nitrogens is 2. The molecular weight excluding hydrogens is 1520 g/mol. The van der Waals surface area contributed by atoms with Gasteiger partial charge in [0, 0.05) is 55.3 Å². The van der Waals surface area contributed by atoms with Crippen molar-refractivity contribution >= 4 is 77.7 Å². The number of fused-ring (bicyclic) bond motifs is 24. The molecule has 126 heavy (non-hydrogen) atoms. The molecule has 0 N–H and O–H groups in total. The molecule has 0 fully saturated rings. The lowest BCUT2D eigenvalue weighted by Gasteiger charge is -2.40. The first kappa shape index (κ1) is 71.3. The molecule has 4 heterocycles. The summed E-state index contributed by atoms with van der Waals surface area (Å²) in [6, 6.07) is 178. The number of para-hydroxylation sites is 7. The standard InChI is InChI=1S/C122H78N4/c1-3-33-79(34-4-1)89-39-9-11-42-92(89)98-48-18-27-61-113(98)123(85-73-75-117-110(77-85)121(104-54-22-13-44-94(104)95-45-14-23-55-105(95)121)108-58-31-52-102-100-50-20-29-63-115(100)125(117)119(102)108)84-71-69-82(70-72-84)88-38-8-7-37-87(88)81-65-67-83(68-66-81)91-41-17-26-60-112(91)124(114-62-28-19-49-99(114)93-43-12-10-40-90(93)80-35-5-2-6-36-80)86-74-76-118-111(78-86)122(106-56-24-15-46-96(106)97-47-16-25-57-107(97)122)109-59-32-53-103-101-51-21-30-64-116(101)126(118)120(103)109/h1-78H. The number of benzene rings is 20. The summed E-state index contributed by atoms with van der Waals surface area (Å²) in [6.45, 7) is 0. The number of hydrogen-bond acceptors (Lipinski definition) is 2. The number of hydrogen-bond donors (Lipinski definition) is 0. The van der Waals surface area contributed by atoms with Gasteiger partial charge in [-0.25, -0.2) is 0 Å². The molecule has 4 aliphatic rings. The van der Waals surface area contributed by atoms with Crippen LogP contribution in [0.5, 0.6) is 0 Å². The van der Waals surface area contributed by atoms with E-state index in [1.165, 1.54) is 144 Å². The highest BCUT2D eigenvalue weighted by molar-refractivity contribution is 6.15. The molecule has 2 aromatic heterocycles. The van der Waals surface area contributed by atoms with Crippen LogP contribution in [0.2, 0.25) is 0 Å². The highest BCUT2D eigenvalue weighted by atomic mass is 15.2. The molecule has 0 saturated heterocycles. The number of nitrogens with zero attached hydrogens (tertiary/aromatic N) is 4. The van der Waals surface area contributed by atoms with E-state index in [0.29, 0.717) is 0 Å². The lowest BCUT2D eigenvalue weighted by Crippen LogP contribution is -2.33. The largest absolute Gasteiger partial charge is 0.310 e. The Morgan fingerprint density at radius 1 is 0.159 bits per heavy atom. The summed E-state index contributed by atoms with van der Waals surface area (Å²) >= 11 is 0. The third kappa shape index (κ3) is 10.2. The van der Waals surface area contributed by atoms with Crippen molar-refractivity contribution in [2.75, 3.05) is 9.80 Å². The van der Waals surface area contributed by atoms with Gasteiger partial charge >= 0.3 is 0 Å². The van der Waals surface area contributed by atoms with Crippen molar-refractivity contribution in [3.63, 3.8) is 0 Å².